The van der Waals surface area contributed by atoms with Gasteiger partial charge in [0, 0.05) is 13.1 Å². The molecule has 0 radical (unpaired) electrons. The van der Waals surface area contributed by atoms with E-state index in [0.717, 1.165) is 25.9 Å². The third kappa shape index (κ3) is 6.80. The summed E-state index contributed by atoms with van der Waals surface area (Å²) in [5.74, 6) is -0.303. The van der Waals surface area contributed by atoms with E-state index in [1.165, 1.54) is 0 Å². The van der Waals surface area contributed by atoms with Crippen molar-refractivity contribution in [2.45, 2.75) is 46.1 Å². The van der Waals surface area contributed by atoms with Crippen molar-refractivity contribution in [3.8, 4) is 0 Å². The number of likely N-dealkylation sites (N-methyl/N-ethyl adjacent to an activating group) is 1. The van der Waals surface area contributed by atoms with E-state index in [-0.39, 0.29) is 6.42 Å². The maximum Gasteiger partial charge on any atom is 0.306 e. The molecule has 2 N–H and O–H groups in total. The number of carboxylic acids is 1. The second-order valence-electron chi connectivity index (χ2n) is 4.29. The molecule has 16 heavy (non-hydrogen) atoms. The molecule has 4 heteroatoms. The van der Waals surface area contributed by atoms with Crippen molar-refractivity contribution < 1.29 is 15.0 Å². The smallest absolute Gasteiger partial charge is 0.306 e. The largest absolute Gasteiger partial charge is 0.481 e. The Balaban J connectivity index is 4.03. The summed E-state index contributed by atoms with van der Waals surface area (Å²) < 4.78 is 0. The quantitative estimate of drug-likeness (QED) is 0.632. The first-order chi connectivity index (χ1) is 7.53. The Morgan fingerprint density at radius 1 is 1.19 bits per heavy atom. The van der Waals surface area contributed by atoms with Crippen LogP contribution >= 0.6 is 0 Å². The minimum atomic E-state index is -0.939. The van der Waals surface area contributed by atoms with Crippen molar-refractivity contribution in [3.63, 3.8) is 0 Å². The van der Waals surface area contributed by atoms with E-state index in [1.54, 1.807) is 0 Å². The Bertz CT molecular complexity index is 193. The molecule has 0 aliphatic heterocycles. The van der Waals surface area contributed by atoms with Gasteiger partial charge in [-0.3, -0.25) is 4.79 Å². The highest BCUT2D eigenvalue weighted by atomic mass is 16.4. The number of rotatable bonds is 9. The van der Waals surface area contributed by atoms with Gasteiger partial charge in [0.15, 0.2) is 0 Å². The van der Waals surface area contributed by atoms with Gasteiger partial charge in [-0.05, 0) is 12.5 Å². The van der Waals surface area contributed by atoms with E-state index < -0.39 is 12.1 Å². The van der Waals surface area contributed by atoms with Crippen LogP contribution in [0.4, 0.5) is 0 Å². The van der Waals surface area contributed by atoms with Crippen LogP contribution in [0.3, 0.4) is 0 Å². The third-order valence-electron chi connectivity index (χ3n) is 3.00. The lowest BCUT2D eigenvalue weighted by Crippen LogP contribution is -2.36. The van der Waals surface area contributed by atoms with Crippen LogP contribution in [-0.2, 0) is 4.79 Å². The van der Waals surface area contributed by atoms with Crippen molar-refractivity contribution in [1.82, 2.24) is 4.90 Å². The Hall–Kier alpha value is -0.610. The highest BCUT2D eigenvalue weighted by Gasteiger charge is 2.16. The molecular formula is C12H25NO3. The molecular weight excluding hydrogens is 206 g/mol. The van der Waals surface area contributed by atoms with Gasteiger partial charge in [0.1, 0.15) is 0 Å². The molecule has 0 aromatic carbocycles. The van der Waals surface area contributed by atoms with E-state index in [4.69, 9.17) is 5.11 Å². The second kappa shape index (κ2) is 8.53. The Morgan fingerprint density at radius 2 is 1.75 bits per heavy atom. The molecule has 0 aromatic heterocycles. The van der Waals surface area contributed by atoms with Crippen LogP contribution in [0.15, 0.2) is 0 Å². The molecule has 0 saturated heterocycles. The second-order valence-corrected chi connectivity index (χ2v) is 4.29. The van der Waals surface area contributed by atoms with E-state index >= 15 is 0 Å². The Kier molecular flexibility index (Phi) is 8.21. The molecule has 0 heterocycles. The first-order valence-electron chi connectivity index (χ1n) is 6.15. The van der Waals surface area contributed by atoms with E-state index in [0.29, 0.717) is 12.5 Å². The zero-order valence-corrected chi connectivity index (χ0v) is 10.6. The van der Waals surface area contributed by atoms with E-state index in [1.807, 2.05) is 6.92 Å². The number of hydrogen-bond acceptors (Lipinski definition) is 3. The molecule has 1 unspecified atom stereocenters. The number of carbonyl (C=O) groups is 1. The van der Waals surface area contributed by atoms with Crippen LogP contribution in [0.2, 0.25) is 0 Å². The number of aliphatic hydroxyl groups excluding tert-OH is 1. The summed E-state index contributed by atoms with van der Waals surface area (Å²) in [7, 11) is 0. The van der Waals surface area contributed by atoms with Crippen LogP contribution in [0.5, 0.6) is 0 Å². The Morgan fingerprint density at radius 3 is 2.12 bits per heavy atom. The molecule has 0 aliphatic carbocycles. The maximum absolute atomic E-state index is 10.4. The highest BCUT2D eigenvalue weighted by Crippen LogP contribution is 2.10. The first-order valence-corrected chi connectivity index (χ1v) is 6.15. The fraction of sp³-hybridized carbons (Fsp3) is 0.917. The minimum absolute atomic E-state index is 0.167. The molecule has 0 saturated carbocycles. The number of hydrogen-bond donors (Lipinski definition) is 2. The van der Waals surface area contributed by atoms with Gasteiger partial charge in [-0.15, -0.1) is 0 Å². The summed E-state index contributed by atoms with van der Waals surface area (Å²) in [4.78, 5) is 12.6. The van der Waals surface area contributed by atoms with Crippen molar-refractivity contribution in [2.24, 2.45) is 5.92 Å². The fourth-order valence-corrected chi connectivity index (χ4v) is 1.81. The lowest BCUT2D eigenvalue weighted by atomic mass is 10.0. The molecule has 0 aromatic rings. The van der Waals surface area contributed by atoms with Gasteiger partial charge in [-0.25, -0.2) is 0 Å². The summed E-state index contributed by atoms with van der Waals surface area (Å²) in [6, 6.07) is 0. The van der Waals surface area contributed by atoms with Gasteiger partial charge in [0.2, 0.25) is 0 Å². The molecule has 1 atom stereocenters. The molecule has 0 rings (SSSR count). The van der Waals surface area contributed by atoms with Gasteiger partial charge in [-0.1, -0.05) is 33.6 Å². The van der Waals surface area contributed by atoms with Crippen LogP contribution in [0.1, 0.15) is 40.0 Å². The zero-order chi connectivity index (χ0) is 12.6. The number of aliphatic hydroxyl groups is 1. The minimum Gasteiger partial charge on any atom is -0.481 e. The van der Waals surface area contributed by atoms with E-state index in [9.17, 15) is 9.90 Å². The fourth-order valence-electron chi connectivity index (χ4n) is 1.81. The summed E-state index contributed by atoms with van der Waals surface area (Å²) in [6.07, 6.45) is 1.33. The zero-order valence-electron chi connectivity index (χ0n) is 10.6. The first kappa shape index (κ1) is 15.4. The van der Waals surface area contributed by atoms with Crippen LogP contribution in [0.25, 0.3) is 0 Å². The molecule has 0 bridgehead atoms. The lowest BCUT2D eigenvalue weighted by Gasteiger charge is -2.26. The Labute approximate surface area is 98.3 Å². The molecule has 96 valence electrons. The number of nitrogens with zero attached hydrogens (tertiary/aromatic N) is 1. The summed E-state index contributed by atoms with van der Waals surface area (Å²) in [6.45, 7) is 8.62. The molecule has 0 spiro atoms. The predicted octanol–water partition coefficient (Wildman–Crippen LogP) is 1.58. The SMILES string of the molecule is CCC(CC)CN(CC)CC(O)CC(=O)O. The van der Waals surface area contributed by atoms with Gasteiger partial charge in [0.05, 0.1) is 12.5 Å². The van der Waals surface area contributed by atoms with Crippen molar-refractivity contribution in [2.75, 3.05) is 19.6 Å². The van der Waals surface area contributed by atoms with Gasteiger partial charge in [0.25, 0.3) is 0 Å². The van der Waals surface area contributed by atoms with Crippen molar-refractivity contribution in [1.29, 1.82) is 0 Å². The average Bonchev–Trinajstić information content (AvgIpc) is 2.22. The van der Waals surface area contributed by atoms with E-state index in [2.05, 4.69) is 18.7 Å². The third-order valence-corrected chi connectivity index (χ3v) is 3.00. The summed E-state index contributed by atoms with van der Waals surface area (Å²) in [5.41, 5.74) is 0. The van der Waals surface area contributed by atoms with Crippen LogP contribution in [0, 0.1) is 5.92 Å². The lowest BCUT2D eigenvalue weighted by molar-refractivity contribution is -0.139. The van der Waals surface area contributed by atoms with Crippen LogP contribution < -0.4 is 0 Å². The average molecular weight is 231 g/mol. The van der Waals surface area contributed by atoms with Gasteiger partial charge < -0.3 is 15.1 Å². The monoisotopic (exact) mass is 231 g/mol. The summed E-state index contributed by atoms with van der Waals surface area (Å²) >= 11 is 0. The maximum atomic E-state index is 10.4. The standard InChI is InChI=1S/C12H25NO3/c1-4-10(5-2)8-13(6-3)9-11(14)7-12(15)16/h10-11,14H,4-9H2,1-3H3,(H,15,16). The topological polar surface area (TPSA) is 60.8 Å². The molecule has 4 nitrogen and oxygen atoms in total. The number of aliphatic carboxylic acids is 1. The molecule has 0 aliphatic rings. The van der Waals surface area contributed by atoms with Gasteiger partial charge >= 0.3 is 5.97 Å². The van der Waals surface area contributed by atoms with Crippen molar-refractivity contribution in [3.05, 3.63) is 0 Å². The van der Waals surface area contributed by atoms with Crippen molar-refractivity contribution >= 4 is 5.97 Å². The number of carboxylic acid groups (broad SMARTS) is 1. The highest BCUT2D eigenvalue weighted by molar-refractivity contribution is 5.67. The molecule has 0 fully saturated rings. The normalized spacial score (nSPS) is 13.4. The predicted molar refractivity (Wildman–Crippen MR) is 64.4 cm³/mol. The molecule has 0 amide bonds. The van der Waals surface area contributed by atoms with Crippen LogP contribution in [-0.4, -0.2) is 46.8 Å². The van der Waals surface area contributed by atoms with Gasteiger partial charge in [-0.2, -0.15) is 0 Å². The summed E-state index contributed by atoms with van der Waals surface area (Å²) in [5, 5.41) is 18.1.